The number of nitrogens with two attached hydrogens (primary N) is 1. The van der Waals surface area contributed by atoms with Crippen LogP contribution in [0.4, 0.5) is 5.95 Å². The van der Waals surface area contributed by atoms with E-state index >= 15 is 0 Å². The monoisotopic (exact) mass is 207 g/mol. The molecule has 2 aromatic rings. The van der Waals surface area contributed by atoms with E-state index < -0.39 is 5.97 Å². The number of aromatic nitrogens is 4. The minimum atomic E-state index is -0.520. The highest BCUT2D eigenvalue weighted by Gasteiger charge is 2.13. The van der Waals surface area contributed by atoms with Crippen LogP contribution in [0.5, 0.6) is 0 Å². The van der Waals surface area contributed by atoms with Crippen LogP contribution < -0.4 is 5.73 Å². The van der Waals surface area contributed by atoms with Crippen LogP contribution in [0.3, 0.4) is 0 Å². The number of carbonyl (C=O) groups excluding carboxylic acids is 1. The average molecular weight is 207 g/mol. The third-order valence-electron chi connectivity index (χ3n) is 1.97. The molecule has 0 atom stereocenters. The second-order valence-corrected chi connectivity index (χ2v) is 3.00. The number of esters is 1. The zero-order chi connectivity index (χ0) is 11.0. The third kappa shape index (κ3) is 1.37. The molecule has 0 amide bonds. The number of rotatable bonds is 1. The molecule has 0 saturated heterocycles. The predicted octanol–water partition coefficient (Wildman–Crippen LogP) is -0.198. The summed E-state index contributed by atoms with van der Waals surface area (Å²) in [7, 11) is 1.29. The number of nitrogens with zero attached hydrogens (tertiary/aromatic N) is 4. The predicted molar refractivity (Wildman–Crippen MR) is 51.3 cm³/mol. The Bertz CT molecular complexity index is 533. The first-order valence-electron chi connectivity index (χ1n) is 4.20. The van der Waals surface area contributed by atoms with E-state index in [2.05, 4.69) is 20.0 Å². The van der Waals surface area contributed by atoms with E-state index in [1.807, 2.05) is 0 Å². The van der Waals surface area contributed by atoms with Gasteiger partial charge in [-0.3, -0.25) is 0 Å². The van der Waals surface area contributed by atoms with Gasteiger partial charge in [-0.1, -0.05) is 0 Å². The second-order valence-electron chi connectivity index (χ2n) is 3.00. The van der Waals surface area contributed by atoms with Crippen LogP contribution in [0.25, 0.3) is 5.65 Å². The smallest absolute Gasteiger partial charge is 0.358 e. The van der Waals surface area contributed by atoms with Crippen molar-refractivity contribution in [1.29, 1.82) is 0 Å². The van der Waals surface area contributed by atoms with Crippen molar-refractivity contribution in [2.75, 3.05) is 12.8 Å². The van der Waals surface area contributed by atoms with E-state index in [9.17, 15) is 4.79 Å². The molecule has 0 bridgehead atoms. The van der Waals surface area contributed by atoms with Gasteiger partial charge in [-0.25, -0.2) is 4.79 Å². The normalized spacial score (nSPS) is 10.5. The van der Waals surface area contributed by atoms with E-state index in [4.69, 9.17) is 5.73 Å². The van der Waals surface area contributed by atoms with Gasteiger partial charge >= 0.3 is 5.97 Å². The molecule has 2 N–H and O–H groups in total. The number of ether oxygens (including phenoxy) is 1. The fourth-order valence-electron chi connectivity index (χ4n) is 1.25. The summed E-state index contributed by atoms with van der Waals surface area (Å²) in [5.41, 5.74) is 6.99. The summed E-state index contributed by atoms with van der Waals surface area (Å²) >= 11 is 0. The van der Waals surface area contributed by atoms with E-state index in [0.717, 1.165) is 5.56 Å². The molecule has 0 saturated carbocycles. The molecule has 0 aromatic carbocycles. The van der Waals surface area contributed by atoms with Crippen LogP contribution in [0.1, 0.15) is 16.1 Å². The lowest BCUT2D eigenvalue weighted by Gasteiger charge is -2.01. The van der Waals surface area contributed by atoms with Gasteiger partial charge in [-0.15, -0.1) is 10.2 Å². The summed E-state index contributed by atoms with van der Waals surface area (Å²) < 4.78 is 5.87. The van der Waals surface area contributed by atoms with Crippen molar-refractivity contribution in [3.63, 3.8) is 0 Å². The van der Waals surface area contributed by atoms with Gasteiger partial charge in [0, 0.05) is 0 Å². The molecule has 7 nitrogen and oxygen atoms in total. The number of hydrogen-bond donors (Lipinski definition) is 1. The summed E-state index contributed by atoms with van der Waals surface area (Å²) in [5.74, 6) is -0.382. The molecule has 0 unspecified atom stereocenters. The van der Waals surface area contributed by atoms with Gasteiger partial charge in [0.1, 0.15) is 0 Å². The Hall–Kier alpha value is -2.18. The van der Waals surface area contributed by atoms with Crippen molar-refractivity contribution in [3.8, 4) is 0 Å². The van der Waals surface area contributed by atoms with E-state index in [-0.39, 0.29) is 11.6 Å². The molecule has 0 radical (unpaired) electrons. The van der Waals surface area contributed by atoms with Gasteiger partial charge in [0.15, 0.2) is 11.3 Å². The lowest BCUT2D eigenvalue weighted by atomic mass is 10.3. The molecule has 2 heterocycles. The Labute approximate surface area is 84.9 Å². The largest absolute Gasteiger partial charge is 0.464 e. The van der Waals surface area contributed by atoms with Crippen molar-refractivity contribution in [3.05, 3.63) is 17.3 Å². The molecule has 2 rings (SSSR count). The van der Waals surface area contributed by atoms with Gasteiger partial charge in [0.25, 0.3) is 0 Å². The lowest BCUT2D eigenvalue weighted by molar-refractivity contribution is 0.0592. The molecular weight excluding hydrogens is 198 g/mol. The molecule has 0 aliphatic carbocycles. The molecule has 2 aromatic heterocycles. The summed E-state index contributed by atoms with van der Waals surface area (Å²) in [4.78, 5) is 11.3. The second kappa shape index (κ2) is 3.19. The molecule has 0 aliphatic rings. The highest BCUT2D eigenvalue weighted by molar-refractivity contribution is 5.87. The first-order valence-corrected chi connectivity index (χ1v) is 4.20. The average Bonchev–Trinajstić information content (AvgIpc) is 2.60. The molecule has 7 heteroatoms. The van der Waals surface area contributed by atoms with Gasteiger partial charge in [-0.2, -0.15) is 9.61 Å². The number of anilines is 1. The molecule has 78 valence electrons. The quantitative estimate of drug-likeness (QED) is 0.650. The number of methoxy groups -OCH3 is 1. The standard InChI is InChI=1S/C8H9N5O2/c1-4-3-5(7(14)15-2)12-13-6(4)10-11-8(13)9/h3H,1-2H3,(H2,9,11). The number of nitrogen functional groups attached to an aromatic ring is 1. The zero-order valence-electron chi connectivity index (χ0n) is 8.26. The first kappa shape index (κ1) is 9.38. The molecule has 15 heavy (non-hydrogen) atoms. The Morgan fingerprint density at radius 3 is 2.93 bits per heavy atom. The zero-order valence-corrected chi connectivity index (χ0v) is 8.26. The lowest BCUT2D eigenvalue weighted by Crippen LogP contribution is -2.10. The van der Waals surface area contributed by atoms with E-state index in [0.29, 0.717) is 5.65 Å². The third-order valence-corrected chi connectivity index (χ3v) is 1.97. The number of aryl methyl sites for hydroxylation is 1. The van der Waals surface area contributed by atoms with E-state index in [1.54, 1.807) is 13.0 Å². The van der Waals surface area contributed by atoms with Crippen LogP contribution >= 0.6 is 0 Å². The van der Waals surface area contributed by atoms with Crippen LogP contribution in [0.2, 0.25) is 0 Å². The fraction of sp³-hybridized carbons (Fsp3) is 0.250. The van der Waals surface area contributed by atoms with Crippen molar-refractivity contribution in [2.45, 2.75) is 6.92 Å². The van der Waals surface area contributed by atoms with Crippen molar-refractivity contribution < 1.29 is 9.53 Å². The maximum atomic E-state index is 11.3. The Balaban J connectivity index is 2.70. The molecule has 0 aliphatic heterocycles. The fourth-order valence-corrected chi connectivity index (χ4v) is 1.25. The number of hydrogen-bond acceptors (Lipinski definition) is 6. The Morgan fingerprint density at radius 1 is 1.53 bits per heavy atom. The topological polar surface area (TPSA) is 95.4 Å². The summed E-state index contributed by atoms with van der Waals surface area (Å²) in [6.45, 7) is 1.79. The summed E-state index contributed by atoms with van der Waals surface area (Å²) in [5, 5.41) is 11.4. The molecular formula is C8H9N5O2. The summed E-state index contributed by atoms with van der Waals surface area (Å²) in [6.07, 6.45) is 0. The van der Waals surface area contributed by atoms with Crippen LogP contribution in [0.15, 0.2) is 6.07 Å². The van der Waals surface area contributed by atoms with Crippen LogP contribution in [0, 0.1) is 6.92 Å². The van der Waals surface area contributed by atoms with Gasteiger partial charge in [0.05, 0.1) is 7.11 Å². The van der Waals surface area contributed by atoms with Gasteiger partial charge in [0.2, 0.25) is 5.95 Å². The van der Waals surface area contributed by atoms with Gasteiger partial charge in [-0.05, 0) is 18.6 Å². The number of fused-ring (bicyclic) bond motifs is 1. The molecule has 0 fully saturated rings. The van der Waals surface area contributed by atoms with Crippen molar-refractivity contribution in [2.24, 2.45) is 0 Å². The first-order chi connectivity index (χ1) is 7.13. The van der Waals surface area contributed by atoms with Crippen molar-refractivity contribution in [1.82, 2.24) is 19.8 Å². The number of carbonyl (C=O) groups is 1. The SMILES string of the molecule is COC(=O)c1cc(C)c2nnc(N)n2n1. The Morgan fingerprint density at radius 2 is 2.27 bits per heavy atom. The maximum Gasteiger partial charge on any atom is 0.358 e. The summed E-state index contributed by atoms with van der Waals surface area (Å²) in [6, 6.07) is 1.58. The van der Waals surface area contributed by atoms with Crippen molar-refractivity contribution >= 4 is 17.6 Å². The van der Waals surface area contributed by atoms with E-state index in [1.165, 1.54) is 11.6 Å². The minimum absolute atomic E-state index is 0.138. The maximum absolute atomic E-state index is 11.3. The van der Waals surface area contributed by atoms with Crippen LogP contribution in [-0.4, -0.2) is 32.9 Å². The Kier molecular flexibility index (Phi) is 2.00. The van der Waals surface area contributed by atoms with Gasteiger partial charge < -0.3 is 10.5 Å². The molecule has 0 spiro atoms. The highest BCUT2D eigenvalue weighted by atomic mass is 16.5. The minimum Gasteiger partial charge on any atom is -0.464 e. The van der Waals surface area contributed by atoms with Crippen LogP contribution in [-0.2, 0) is 4.74 Å². The highest BCUT2D eigenvalue weighted by Crippen LogP contribution is 2.10.